The van der Waals surface area contributed by atoms with Gasteiger partial charge in [-0.1, -0.05) is 19.1 Å². The summed E-state index contributed by atoms with van der Waals surface area (Å²) in [4.78, 5) is 36.1. The third-order valence-electron chi connectivity index (χ3n) is 5.86. The lowest BCUT2D eigenvalue weighted by atomic mass is 9.91. The number of hydrogen-bond donors (Lipinski definition) is 2. The number of carbonyl (C=O) groups excluding carboxylic acids is 1. The number of carbonyl (C=O) groups is 1. The number of halogens is 2. The minimum absolute atomic E-state index is 0.111. The first-order valence-corrected chi connectivity index (χ1v) is 10.7. The average molecular weight is 453 g/mol. The summed E-state index contributed by atoms with van der Waals surface area (Å²) in [6, 6.07) is 3.27. The van der Waals surface area contributed by atoms with Crippen LogP contribution in [0.2, 0.25) is 0 Å². The zero-order valence-electron chi connectivity index (χ0n) is 17.8. The van der Waals surface area contributed by atoms with Crippen LogP contribution in [0.25, 0.3) is 22.6 Å². The van der Waals surface area contributed by atoms with Crippen molar-refractivity contribution in [1.82, 2.24) is 34.6 Å². The molecule has 1 aliphatic rings. The molecule has 1 aromatic carbocycles. The number of amides is 1. The molecule has 4 heterocycles. The standard InChI is InChI=1S/C22H21F2N7O2/c1-2-6-30-11-26-21-18(22(30)33)28-20(29-21)13-9-27-31(10-13)19(12-7-16(32)25-8-12)14-4-3-5-15(23)17(14)24/h3-5,9-12,19H,2,6-8H2,1H3,(H,25,32)(H,28,29). The number of aromatic amines is 1. The summed E-state index contributed by atoms with van der Waals surface area (Å²) in [7, 11) is 0. The van der Waals surface area contributed by atoms with E-state index in [0.29, 0.717) is 24.5 Å². The molecule has 0 radical (unpaired) electrons. The monoisotopic (exact) mass is 453 g/mol. The van der Waals surface area contributed by atoms with Crippen LogP contribution in [0.15, 0.2) is 41.7 Å². The van der Waals surface area contributed by atoms with Crippen molar-refractivity contribution in [3.8, 4) is 11.4 Å². The molecule has 2 unspecified atom stereocenters. The normalized spacial score (nSPS) is 16.9. The Morgan fingerprint density at radius 2 is 2.12 bits per heavy atom. The van der Waals surface area contributed by atoms with Crippen molar-refractivity contribution < 1.29 is 13.6 Å². The second kappa shape index (κ2) is 8.23. The molecule has 170 valence electrons. The third-order valence-corrected chi connectivity index (χ3v) is 5.86. The fourth-order valence-corrected chi connectivity index (χ4v) is 4.29. The first-order chi connectivity index (χ1) is 16.0. The summed E-state index contributed by atoms with van der Waals surface area (Å²) in [5.41, 5.74) is 1.01. The van der Waals surface area contributed by atoms with E-state index < -0.39 is 17.7 Å². The molecule has 1 aliphatic heterocycles. The number of rotatable bonds is 6. The van der Waals surface area contributed by atoms with Crippen LogP contribution >= 0.6 is 0 Å². The zero-order valence-corrected chi connectivity index (χ0v) is 17.8. The van der Waals surface area contributed by atoms with E-state index in [1.54, 1.807) is 6.20 Å². The maximum Gasteiger partial charge on any atom is 0.279 e. The second-order valence-electron chi connectivity index (χ2n) is 8.09. The van der Waals surface area contributed by atoms with E-state index in [1.165, 1.54) is 33.9 Å². The Balaban J connectivity index is 1.56. The lowest BCUT2D eigenvalue weighted by Gasteiger charge is -2.24. The number of nitrogens with zero attached hydrogens (tertiary/aromatic N) is 5. The smallest absolute Gasteiger partial charge is 0.279 e. The quantitative estimate of drug-likeness (QED) is 0.466. The van der Waals surface area contributed by atoms with Crippen LogP contribution in [0.3, 0.4) is 0 Å². The molecule has 0 spiro atoms. The van der Waals surface area contributed by atoms with Crippen LogP contribution < -0.4 is 10.9 Å². The van der Waals surface area contributed by atoms with Gasteiger partial charge in [0, 0.05) is 37.2 Å². The van der Waals surface area contributed by atoms with Crippen molar-refractivity contribution in [3.05, 3.63) is 64.5 Å². The van der Waals surface area contributed by atoms with Crippen molar-refractivity contribution in [2.75, 3.05) is 6.54 Å². The highest BCUT2D eigenvalue weighted by molar-refractivity contribution is 5.78. The van der Waals surface area contributed by atoms with Gasteiger partial charge in [0.1, 0.15) is 12.2 Å². The van der Waals surface area contributed by atoms with Crippen molar-refractivity contribution in [1.29, 1.82) is 0 Å². The molecule has 11 heteroatoms. The number of fused-ring (bicyclic) bond motifs is 1. The van der Waals surface area contributed by atoms with Gasteiger partial charge >= 0.3 is 0 Å². The molecule has 1 amide bonds. The predicted octanol–water partition coefficient (Wildman–Crippen LogP) is 2.40. The summed E-state index contributed by atoms with van der Waals surface area (Å²) in [6.45, 7) is 2.83. The zero-order chi connectivity index (χ0) is 23.1. The maximum absolute atomic E-state index is 14.7. The Morgan fingerprint density at radius 1 is 1.27 bits per heavy atom. The molecule has 0 bridgehead atoms. The highest BCUT2D eigenvalue weighted by Gasteiger charge is 2.34. The molecule has 0 saturated carbocycles. The highest BCUT2D eigenvalue weighted by Crippen LogP contribution is 2.34. The first-order valence-electron chi connectivity index (χ1n) is 10.7. The van der Waals surface area contributed by atoms with Gasteiger partial charge in [-0.25, -0.2) is 18.7 Å². The lowest BCUT2D eigenvalue weighted by molar-refractivity contribution is -0.119. The molecule has 33 heavy (non-hydrogen) atoms. The van der Waals surface area contributed by atoms with Gasteiger partial charge in [0.15, 0.2) is 22.8 Å². The molecule has 1 fully saturated rings. The number of nitrogens with one attached hydrogen (secondary N) is 2. The van der Waals surface area contributed by atoms with Gasteiger partial charge < -0.3 is 10.3 Å². The maximum atomic E-state index is 14.7. The fraction of sp³-hybridized carbons (Fsp3) is 0.318. The Hall–Kier alpha value is -3.89. The number of aromatic nitrogens is 6. The van der Waals surface area contributed by atoms with Gasteiger partial charge in [-0.3, -0.25) is 18.8 Å². The predicted molar refractivity (Wildman–Crippen MR) is 115 cm³/mol. The summed E-state index contributed by atoms with van der Waals surface area (Å²) < 4.78 is 31.7. The van der Waals surface area contributed by atoms with E-state index in [1.807, 2.05) is 6.92 Å². The number of imidazole rings is 1. The summed E-state index contributed by atoms with van der Waals surface area (Å²) in [6.07, 6.45) is 5.59. The molecule has 9 nitrogen and oxygen atoms in total. The molecular formula is C22H21F2N7O2. The van der Waals surface area contributed by atoms with Crippen molar-refractivity contribution >= 4 is 17.1 Å². The Labute approximate surface area is 186 Å². The Kier molecular flexibility index (Phi) is 5.23. The third kappa shape index (κ3) is 3.69. The van der Waals surface area contributed by atoms with Gasteiger partial charge in [-0.2, -0.15) is 5.10 Å². The molecule has 2 N–H and O–H groups in total. The van der Waals surface area contributed by atoms with Gasteiger partial charge in [0.2, 0.25) is 5.91 Å². The van der Waals surface area contributed by atoms with Crippen molar-refractivity contribution in [2.45, 2.75) is 32.4 Å². The van der Waals surface area contributed by atoms with Gasteiger partial charge in [0.05, 0.1) is 17.8 Å². The summed E-state index contributed by atoms with van der Waals surface area (Å²) >= 11 is 0. The van der Waals surface area contributed by atoms with Crippen LogP contribution in [0.5, 0.6) is 0 Å². The summed E-state index contributed by atoms with van der Waals surface area (Å²) in [5, 5.41) is 7.12. The van der Waals surface area contributed by atoms with Crippen LogP contribution in [-0.2, 0) is 11.3 Å². The number of benzene rings is 1. The molecule has 2 atom stereocenters. The molecule has 3 aromatic heterocycles. The number of aryl methyl sites for hydroxylation is 1. The molecule has 5 rings (SSSR count). The lowest BCUT2D eigenvalue weighted by Crippen LogP contribution is -2.24. The average Bonchev–Trinajstić information content (AvgIpc) is 3.54. The van der Waals surface area contributed by atoms with Crippen LogP contribution in [0.4, 0.5) is 8.78 Å². The number of hydrogen-bond acceptors (Lipinski definition) is 5. The largest absolute Gasteiger partial charge is 0.356 e. The minimum Gasteiger partial charge on any atom is -0.356 e. The fourth-order valence-electron chi connectivity index (χ4n) is 4.29. The molecule has 1 saturated heterocycles. The van der Waals surface area contributed by atoms with Crippen LogP contribution in [0, 0.1) is 17.6 Å². The van der Waals surface area contributed by atoms with Crippen molar-refractivity contribution in [2.24, 2.45) is 5.92 Å². The van der Waals surface area contributed by atoms with Crippen molar-refractivity contribution in [3.63, 3.8) is 0 Å². The van der Waals surface area contributed by atoms with E-state index in [4.69, 9.17) is 0 Å². The van der Waals surface area contributed by atoms with Gasteiger partial charge in [-0.15, -0.1) is 0 Å². The van der Waals surface area contributed by atoms with E-state index >= 15 is 0 Å². The van der Waals surface area contributed by atoms with Crippen LogP contribution in [0.1, 0.15) is 31.4 Å². The topological polar surface area (TPSA) is 110 Å². The van der Waals surface area contributed by atoms with E-state index in [0.717, 1.165) is 12.5 Å². The molecular weight excluding hydrogens is 432 g/mol. The van der Waals surface area contributed by atoms with Gasteiger partial charge in [-0.05, 0) is 12.5 Å². The summed E-state index contributed by atoms with van der Waals surface area (Å²) in [5.74, 6) is -2.02. The van der Waals surface area contributed by atoms with E-state index in [2.05, 4.69) is 25.4 Å². The van der Waals surface area contributed by atoms with E-state index in [9.17, 15) is 18.4 Å². The second-order valence-corrected chi connectivity index (χ2v) is 8.09. The molecule has 0 aliphatic carbocycles. The first kappa shape index (κ1) is 21.0. The van der Waals surface area contributed by atoms with Gasteiger partial charge in [0.25, 0.3) is 5.56 Å². The van der Waals surface area contributed by atoms with Crippen LogP contribution in [-0.4, -0.2) is 41.8 Å². The number of H-pyrrole nitrogens is 1. The Bertz CT molecular complexity index is 1410. The minimum atomic E-state index is -0.969. The highest BCUT2D eigenvalue weighted by atomic mass is 19.2. The van der Waals surface area contributed by atoms with E-state index in [-0.39, 0.29) is 40.5 Å². The molecule has 4 aromatic rings. The Morgan fingerprint density at radius 3 is 2.88 bits per heavy atom. The SMILES string of the molecule is CCCn1cnc2nc(-c3cnn(C(c4cccc(F)c4F)C4CNC(=O)C4)c3)[nH]c2c1=O.